The summed E-state index contributed by atoms with van der Waals surface area (Å²) in [6.45, 7) is 5.81. The van der Waals surface area contributed by atoms with Crippen molar-refractivity contribution in [1.82, 2.24) is 14.5 Å². The van der Waals surface area contributed by atoms with Gasteiger partial charge >= 0.3 is 0 Å². The zero-order valence-corrected chi connectivity index (χ0v) is 18.0. The van der Waals surface area contributed by atoms with Gasteiger partial charge in [-0.25, -0.2) is 13.8 Å². The molecule has 3 aromatic rings. The number of halogens is 2. The summed E-state index contributed by atoms with van der Waals surface area (Å²) in [5.41, 5.74) is 3.01. The molecule has 31 heavy (non-hydrogen) atoms. The van der Waals surface area contributed by atoms with Crippen molar-refractivity contribution < 1.29 is 13.5 Å². The number of likely N-dealkylation sites (tertiary alicyclic amines) is 1. The topological polar surface area (TPSA) is 30.3 Å². The second-order valence-electron chi connectivity index (χ2n) is 9.03. The number of imidazole rings is 1. The van der Waals surface area contributed by atoms with E-state index in [4.69, 9.17) is 9.72 Å². The molecule has 0 bridgehead atoms. The lowest BCUT2D eigenvalue weighted by molar-refractivity contribution is 0.153. The lowest BCUT2D eigenvalue weighted by Gasteiger charge is -2.32. The zero-order chi connectivity index (χ0) is 21.4. The van der Waals surface area contributed by atoms with Crippen LogP contribution >= 0.6 is 0 Å². The van der Waals surface area contributed by atoms with Crippen LogP contribution in [0.15, 0.2) is 36.4 Å². The summed E-state index contributed by atoms with van der Waals surface area (Å²) in [5.74, 6) is 2.01. The van der Waals surface area contributed by atoms with Crippen molar-refractivity contribution >= 4 is 11.0 Å². The number of aryl methyl sites for hydroxylation is 1. The van der Waals surface area contributed by atoms with E-state index >= 15 is 0 Å². The van der Waals surface area contributed by atoms with Gasteiger partial charge in [-0.15, -0.1) is 0 Å². The average Bonchev–Trinajstić information content (AvgIpc) is 3.12. The van der Waals surface area contributed by atoms with Gasteiger partial charge in [0.15, 0.2) is 0 Å². The first kappa shape index (κ1) is 20.4. The number of piperidine rings is 1. The minimum Gasteiger partial charge on any atom is -0.494 e. The van der Waals surface area contributed by atoms with Crippen molar-refractivity contribution in [2.24, 2.45) is 5.92 Å². The van der Waals surface area contributed by atoms with Crippen LogP contribution < -0.4 is 4.74 Å². The maximum atomic E-state index is 14.0. The van der Waals surface area contributed by atoms with Crippen LogP contribution in [-0.4, -0.2) is 34.1 Å². The molecule has 6 heteroatoms. The maximum Gasteiger partial charge on any atom is 0.125 e. The van der Waals surface area contributed by atoms with E-state index in [0.29, 0.717) is 18.6 Å². The lowest BCUT2D eigenvalue weighted by atomic mass is 9.94. The molecule has 1 atom stereocenters. The highest BCUT2D eigenvalue weighted by molar-refractivity contribution is 5.80. The van der Waals surface area contributed by atoms with Gasteiger partial charge in [0.05, 0.1) is 24.2 Å². The molecule has 3 heterocycles. The summed E-state index contributed by atoms with van der Waals surface area (Å²) in [6, 6.07) is 9.87. The van der Waals surface area contributed by atoms with Crippen molar-refractivity contribution in [1.29, 1.82) is 0 Å². The second-order valence-corrected chi connectivity index (χ2v) is 9.03. The molecule has 0 saturated carbocycles. The minimum atomic E-state index is -0.241. The number of ether oxygens (including phenoxy) is 1. The third-order valence-electron chi connectivity index (χ3n) is 6.85. The molecule has 0 N–H and O–H groups in total. The largest absolute Gasteiger partial charge is 0.494 e. The highest BCUT2D eigenvalue weighted by Crippen LogP contribution is 2.34. The molecule has 164 valence electrons. The van der Waals surface area contributed by atoms with Crippen molar-refractivity contribution in [3.8, 4) is 5.75 Å². The molecule has 2 aliphatic heterocycles. The fraction of sp³-hybridized carbons (Fsp3) is 0.480. The fourth-order valence-corrected chi connectivity index (χ4v) is 5.10. The van der Waals surface area contributed by atoms with Gasteiger partial charge < -0.3 is 9.30 Å². The average molecular weight is 426 g/mol. The molecule has 1 saturated heterocycles. The predicted octanol–water partition coefficient (Wildman–Crippen LogP) is 5.50. The van der Waals surface area contributed by atoms with E-state index in [1.54, 1.807) is 24.3 Å². The Morgan fingerprint density at radius 3 is 2.58 bits per heavy atom. The monoisotopic (exact) mass is 425 g/mol. The Balaban J connectivity index is 1.18. The molecule has 0 radical (unpaired) electrons. The van der Waals surface area contributed by atoms with Crippen LogP contribution in [0.2, 0.25) is 0 Å². The highest BCUT2D eigenvalue weighted by Gasteiger charge is 2.26. The maximum absolute atomic E-state index is 14.0. The Labute approximate surface area is 181 Å². The summed E-state index contributed by atoms with van der Waals surface area (Å²) < 4.78 is 35.1. The number of aromatic nitrogens is 2. The van der Waals surface area contributed by atoms with Gasteiger partial charge in [0.25, 0.3) is 0 Å². The van der Waals surface area contributed by atoms with Crippen LogP contribution in [0, 0.1) is 17.6 Å². The molecule has 0 spiro atoms. The lowest BCUT2D eigenvalue weighted by Crippen LogP contribution is -2.34. The number of benzene rings is 2. The summed E-state index contributed by atoms with van der Waals surface area (Å²) >= 11 is 0. The first-order chi connectivity index (χ1) is 15.1. The van der Waals surface area contributed by atoms with E-state index < -0.39 is 0 Å². The second kappa shape index (κ2) is 8.58. The van der Waals surface area contributed by atoms with E-state index in [-0.39, 0.29) is 11.6 Å². The first-order valence-electron chi connectivity index (χ1n) is 11.4. The predicted molar refractivity (Wildman–Crippen MR) is 117 cm³/mol. The van der Waals surface area contributed by atoms with E-state index in [9.17, 15) is 8.78 Å². The van der Waals surface area contributed by atoms with Gasteiger partial charge in [0, 0.05) is 12.1 Å². The van der Waals surface area contributed by atoms with Crippen molar-refractivity contribution in [3.05, 3.63) is 59.4 Å². The van der Waals surface area contributed by atoms with Crippen molar-refractivity contribution in [3.63, 3.8) is 0 Å². The molecular weight excluding hydrogens is 396 g/mol. The van der Waals surface area contributed by atoms with Crippen LogP contribution in [0.1, 0.15) is 50.0 Å². The Morgan fingerprint density at radius 2 is 1.81 bits per heavy atom. The molecule has 1 fully saturated rings. The van der Waals surface area contributed by atoms with Crippen molar-refractivity contribution in [2.75, 3.05) is 19.7 Å². The smallest absolute Gasteiger partial charge is 0.125 e. The Hall–Kier alpha value is -2.47. The van der Waals surface area contributed by atoms with Gasteiger partial charge in [-0.1, -0.05) is 0 Å². The van der Waals surface area contributed by atoms with Gasteiger partial charge in [0.2, 0.25) is 0 Å². The standard InChI is InChI=1S/C25H29F2N3O/c1-17-2-3-19-14-21(27)15-23-25(19)30(17)24(28-23)16-29-11-8-18(9-12-29)10-13-31-22-6-4-20(26)5-7-22/h4-7,14-15,17-18H,2-3,8-13,16H2,1H3. The summed E-state index contributed by atoms with van der Waals surface area (Å²) in [4.78, 5) is 7.30. The van der Waals surface area contributed by atoms with E-state index in [2.05, 4.69) is 16.4 Å². The normalized spacial score (nSPS) is 19.8. The van der Waals surface area contributed by atoms with Gasteiger partial charge in [-0.3, -0.25) is 4.90 Å². The molecule has 2 aliphatic rings. The van der Waals surface area contributed by atoms with Gasteiger partial charge in [0.1, 0.15) is 23.2 Å². The summed E-state index contributed by atoms with van der Waals surface area (Å²) in [7, 11) is 0. The molecule has 4 nitrogen and oxygen atoms in total. The first-order valence-corrected chi connectivity index (χ1v) is 11.4. The molecule has 0 amide bonds. The number of hydrogen-bond donors (Lipinski definition) is 0. The van der Waals surface area contributed by atoms with E-state index in [1.807, 2.05) is 0 Å². The fourth-order valence-electron chi connectivity index (χ4n) is 5.10. The summed E-state index contributed by atoms with van der Waals surface area (Å²) in [6.07, 6.45) is 5.26. The third kappa shape index (κ3) is 4.31. The number of hydrogen-bond acceptors (Lipinski definition) is 3. The van der Waals surface area contributed by atoms with Gasteiger partial charge in [-0.05, 0) is 93.9 Å². The Bertz CT molecular complexity index is 1050. The Morgan fingerprint density at radius 1 is 1.03 bits per heavy atom. The third-order valence-corrected chi connectivity index (χ3v) is 6.85. The molecule has 1 aromatic heterocycles. The quantitative estimate of drug-likeness (QED) is 0.522. The Kier molecular flexibility index (Phi) is 5.65. The van der Waals surface area contributed by atoms with Crippen LogP contribution in [0.3, 0.4) is 0 Å². The van der Waals surface area contributed by atoms with E-state index in [0.717, 1.165) is 79.9 Å². The number of nitrogens with zero attached hydrogens (tertiary/aromatic N) is 3. The van der Waals surface area contributed by atoms with Crippen LogP contribution in [0.25, 0.3) is 11.0 Å². The molecule has 1 unspecified atom stereocenters. The summed E-state index contributed by atoms with van der Waals surface area (Å²) in [5, 5.41) is 0. The molecule has 0 aliphatic carbocycles. The molecule has 2 aromatic carbocycles. The number of rotatable bonds is 6. The molecule has 5 rings (SSSR count). The van der Waals surface area contributed by atoms with Crippen LogP contribution in [0.5, 0.6) is 5.75 Å². The van der Waals surface area contributed by atoms with Gasteiger partial charge in [-0.2, -0.15) is 0 Å². The minimum absolute atomic E-state index is 0.183. The van der Waals surface area contributed by atoms with Crippen LogP contribution in [-0.2, 0) is 13.0 Å². The van der Waals surface area contributed by atoms with E-state index in [1.165, 1.54) is 12.1 Å². The van der Waals surface area contributed by atoms with Crippen molar-refractivity contribution in [2.45, 2.75) is 51.6 Å². The van der Waals surface area contributed by atoms with Crippen LogP contribution in [0.4, 0.5) is 8.78 Å². The highest BCUT2D eigenvalue weighted by atomic mass is 19.1. The molecular formula is C25H29F2N3O. The SMILES string of the molecule is CC1CCc2cc(F)cc3nc(CN4CCC(CCOc5ccc(F)cc5)CC4)n1c23. The zero-order valence-electron chi connectivity index (χ0n) is 18.0.